The van der Waals surface area contributed by atoms with E-state index < -0.39 is 17.6 Å². The molecule has 0 saturated carbocycles. The van der Waals surface area contributed by atoms with Gasteiger partial charge < -0.3 is 5.32 Å². The number of nitrogens with zero attached hydrogens (tertiary/aromatic N) is 1. The minimum Gasteiger partial charge on any atom is -0.305 e. The summed E-state index contributed by atoms with van der Waals surface area (Å²) in [5.41, 5.74) is 0.310. The Balaban J connectivity index is 2.55. The van der Waals surface area contributed by atoms with Gasteiger partial charge in [0.2, 0.25) is 0 Å². The topological polar surface area (TPSA) is 55.2 Å². The first kappa shape index (κ1) is 12.4. The lowest BCUT2D eigenvalue weighted by Crippen LogP contribution is -2.28. The van der Waals surface area contributed by atoms with E-state index in [1.54, 1.807) is 0 Å². The van der Waals surface area contributed by atoms with E-state index in [0.717, 1.165) is 0 Å². The molecule has 0 spiro atoms. The highest BCUT2D eigenvalue weighted by Crippen LogP contribution is 2.15. The molecular formula is C9H9F3N2O2. The van der Waals surface area contributed by atoms with Gasteiger partial charge in [0.15, 0.2) is 0 Å². The number of hydrogen-bond acceptors (Lipinski definition) is 3. The molecule has 0 amide bonds. The monoisotopic (exact) mass is 234 g/mol. The zero-order valence-electron chi connectivity index (χ0n) is 8.12. The fraction of sp³-hybridized carbons (Fsp3) is 0.333. The van der Waals surface area contributed by atoms with Gasteiger partial charge in [0.05, 0.1) is 11.5 Å². The van der Waals surface area contributed by atoms with Crippen LogP contribution >= 0.6 is 0 Å². The quantitative estimate of drug-likeness (QED) is 0.642. The molecule has 16 heavy (non-hydrogen) atoms. The van der Waals surface area contributed by atoms with E-state index in [1.807, 2.05) is 0 Å². The largest absolute Gasteiger partial charge is 0.401 e. The smallest absolute Gasteiger partial charge is 0.305 e. The molecule has 0 aliphatic rings. The molecular weight excluding hydrogens is 225 g/mol. The highest BCUT2D eigenvalue weighted by atomic mass is 19.4. The van der Waals surface area contributed by atoms with E-state index in [4.69, 9.17) is 0 Å². The summed E-state index contributed by atoms with van der Waals surface area (Å²) in [7, 11) is 0. The summed E-state index contributed by atoms with van der Waals surface area (Å²) in [6.07, 6.45) is -4.28. The van der Waals surface area contributed by atoms with Crippen LogP contribution in [0.25, 0.3) is 0 Å². The van der Waals surface area contributed by atoms with Crippen LogP contribution in [0.4, 0.5) is 18.9 Å². The van der Waals surface area contributed by atoms with Crippen LogP contribution in [0.3, 0.4) is 0 Å². The van der Waals surface area contributed by atoms with Crippen molar-refractivity contribution < 1.29 is 18.1 Å². The van der Waals surface area contributed by atoms with Gasteiger partial charge in [-0.2, -0.15) is 13.2 Å². The standard InChI is InChI=1S/C9H9F3N2O2/c10-9(11,12)6-13-5-7-2-1-3-8(4-7)14(15)16/h1-4,13H,5-6H2. The van der Waals surface area contributed by atoms with E-state index in [0.29, 0.717) is 5.56 Å². The van der Waals surface area contributed by atoms with Crippen molar-refractivity contribution in [2.75, 3.05) is 6.54 Å². The molecule has 4 nitrogen and oxygen atoms in total. The predicted octanol–water partition coefficient (Wildman–Crippen LogP) is 2.25. The van der Waals surface area contributed by atoms with Gasteiger partial charge in [0.1, 0.15) is 0 Å². The molecule has 1 aromatic carbocycles. The lowest BCUT2D eigenvalue weighted by atomic mass is 10.2. The van der Waals surface area contributed by atoms with Crippen molar-refractivity contribution >= 4 is 5.69 Å². The summed E-state index contributed by atoms with van der Waals surface area (Å²) >= 11 is 0. The second-order valence-electron chi connectivity index (χ2n) is 3.15. The molecule has 0 radical (unpaired) electrons. The summed E-state index contributed by atoms with van der Waals surface area (Å²) in [6.45, 7) is -1.17. The van der Waals surface area contributed by atoms with Gasteiger partial charge in [-0.15, -0.1) is 0 Å². The van der Waals surface area contributed by atoms with Gasteiger partial charge in [-0.3, -0.25) is 10.1 Å². The van der Waals surface area contributed by atoms with Gasteiger partial charge >= 0.3 is 6.18 Å². The molecule has 0 unspecified atom stereocenters. The molecule has 7 heteroatoms. The molecule has 0 aliphatic heterocycles. The minimum absolute atomic E-state index is 0.0544. The molecule has 1 aromatic rings. The third kappa shape index (κ3) is 4.26. The summed E-state index contributed by atoms with van der Waals surface area (Å²) in [4.78, 5) is 9.80. The zero-order valence-corrected chi connectivity index (χ0v) is 8.12. The summed E-state index contributed by atoms with van der Waals surface area (Å²) < 4.78 is 35.4. The lowest BCUT2D eigenvalue weighted by Gasteiger charge is -2.07. The van der Waals surface area contributed by atoms with Crippen LogP contribution in [0.2, 0.25) is 0 Å². The number of benzene rings is 1. The Bertz CT molecular complexity index is 379. The van der Waals surface area contributed by atoms with Crippen LogP contribution in [0.15, 0.2) is 24.3 Å². The summed E-state index contributed by atoms with van der Waals surface area (Å²) in [5.74, 6) is 0. The maximum absolute atomic E-state index is 11.8. The SMILES string of the molecule is O=[N+]([O-])c1cccc(CNCC(F)(F)F)c1. The molecule has 1 rings (SSSR count). The Kier molecular flexibility index (Phi) is 3.83. The number of hydrogen-bond donors (Lipinski definition) is 1. The number of nitro groups is 1. The van der Waals surface area contributed by atoms with Gasteiger partial charge in [-0.05, 0) is 5.56 Å². The first-order valence-corrected chi connectivity index (χ1v) is 4.39. The van der Waals surface area contributed by atoms with Crippen molar-refractivity contribution in [3.05, 3.63) is 39.9 Å². The average molecular weight is 234 g/mol. The molecule has 0 saturated heterocycles. The average Bonchev–Trinajstić information content (AvgIpc) is 2.16. The fourth-order valence-corrected chi connectivity index (χ4v) is 1.13. The van der Waals surface area contributed by atoms with Crippen LogP contribution in [0.5, 0.6) is 0 Å². The molecule has 0 atom stereocenters. The van der Waals surface area contributed by atoms with Crippen molar-refractivity contribution in [3.8, 4) is 0 Å². The maximum Gasteiger partial charge on any atom is 0.401 e. The molecule has 1 N–H and O–H groups in total. The van der Waals surface area contributed by atoms with Gasteiger partial charge in [-0.25, -0.2) is 0 Å². The Labute approximate surface area is 89.2 Å². The Hall–Kier alpha value is -1.63. The van der Waals surface area contributed by atoms with Gasteiger partial charge in [-0.1, -0.05) is 12.1 Å². The number of rotatable bonds is 4. The Morgan fingerprint density at radius 1 is 1.38 bits per heavy atom. The number of non-ortho nitro benzene ring substituents is 1. The van der Waals surface area contributed by atoms with Crippen LogP contribution in [-0.4, -0.2) is 17.6 Å². The number of halogens is 3. The Morgan fingerprint density at radius 2 is 2.06 bits per heavy atom. The van der Waals surface area contributed by atoms with E-state index in [9.17, 15) is 23.3 Å². The molecule has 88 valence electrons. The second kappa shape index (κ2) is 4.93. The molecule has 0 fully saturated rings. The molecule has 0 heterocycles. The van der Waals surface area contributed by atoms with Crippen molar-refractivity contribution in [3.63, 3.8) is 0 Å². The summed E-state index contributed by atoms with van der Waals surface area (Å²) in [6, 6.07) is 5.48. The van der Waals surface area contributed by atoms with Gasteiger partial charge in [0.25, 0.3) is 5.69 Å². The third-order valence-corrected chi connectivity index (χ3v) is 1.78. The maximum atomic E-state index is 11.8. The van der Waals surface area contributed by atoms with Crippen LogP contribution in [-0.2, 0) is 6.54 Å². The second-order valence-corrected chi connectivity index (χ2v) is 3.15. The van der Waals surface area contributed by atoms with Crippen LogP contribution in [0, 0.1) is 10.1 Å². The fourth-order valence-electron chi connectivity index (χ4n) is 1.13. The highest BCUT2D eigenvalue weighted by molar-refractivity contribution is 5.34. The first-order chi connectivity index (χ1) is 7.38. The minimum atomic E-state index is -4.28. The van der Waals surface area contributed by atoms with E-state index in [1.165, 1.54) is 24.3 Å². The van der Waals surface area contributed by atoms with Crippen molar-refractivity contribution in [1.29, 1.82) is 0 Å². The van der Waals surface area contributed by atoms with Crippen LogP contribution < -0.4 is 5.32 Å². The zero-order chi connectivity index (χ0) is 12.2. The number of nitro benzene ring substituents is 1. The van der Waals surface area contributed by atoms with Crippen molar-refractivity contribution in [1.82, 2.24) is 5.32 Å². The third-order valence-electron chi connectivity index (χ3n) is 1.78. The molecule has 0 aromatic heterocycles. The van der Waals surface area contributed by atoms with Crippen molar-refractivity contribution in [2.24, 2.45) is 0 Å². The van der Waals surface area contributed by atoms with E-state index in [2.05, 4.69) is 5.32 Å². The van der Waals surface area contributed by atoms with Crippen molar-refractivity contribution in [2.45, 2.75) is 12.7 Å². The molecule has 0 bridgehead atoms. The van der Waals surface area contributed by atoms with E-state index in [-0.39, 0.29) is 12.2 Å². The van der Waals surface area contributed by atoms with E-state index >= 15 is 0 Å². The normalized spacial score (nSPS) is 11.4. The summed E-state index contributed by atoms with van der Waals surface area (Å²) in [5, 5.41) is 12.6. The highest BCUT2D eigenvalue weighted by Gasteiger charge is 2.26. The molecule has 0 aliphatic carbocycles. The number of nitrogens with one attached hydrogen (secondary N) is 1. The predicted molar refractivity (Wildman–Crippen MR) is 50.9 cm³/mol. The first-order valence-electron chi connectivity index (χ1n) is 4.39. The van der Waals surface area contributed by atoms with Gasteiger partial charge in [0, 0.05) is 18.7 Å². The lowest BCUT2D eigenvalue weighted by molar-refractivity contribution is -0.384. The number of alkyl halides is 3. The van der Waals surface area contributed by atoms with Crippen LogP contribution in [0.1, 0.15) is 5.56 Å². The Morgan fingerprint density at radius 3 is 2.62 bits per heavy atom.